The summed E-state index contributed by atoms with van der Waals surface area (Å²) in [6, 6.07) is 17.4. The number of benzene rings is 2. The summed E-state index contributed by atoms with van der Waals surface area (Å²) in [6.45, 7) is 5.38. The Bertz CT molecular complexity index is 1490. The summed E-state index contributed by atoms with van der Waals surface area (Å²) in [7, 11) is 0. The zero-order valence-corrected chi connectivity index (χ0v) is 23.1. The molecule has 1 aromatic heterocycles. The van der Waals surface area contributed by atoms with Crippen LogP contribution in [0.1, 0.15) is 30.9 Å². The second-order valence-electron chi connectivity index (χ2n) is 8.66. The maximum atomic E-state index is 13.4. The van der Waals surface area contributed by atoms with Crippen molar-refractivity contribution >= 4 is 57.1 Å². The van der Waals surface area contributed by atoms with E-state index in [1.807, 2.05) is 19.1 Å². The van der Waals surface area contributed by atoms with Crippen molar-refractivity contribution in [3.05, 3.63) is 99.1 Å². The van der Waals surface area contributed by atoms with E-state index < -0.39 is 23.7 Å². The van der Waals surface area contributed by atoms with Crippen LogP contribution in [0.4, 0.5) is 11.4 Å². The molecule has 4 rings (SSSR count). The lowest BCUT2D eigenvalue weighted by Crippen LogP contribution is -2.34. The minimum Gasteiger partial charge on any atom is -0.462 e. The van der Waals surface area contributed by atoms with Gasteiger partial charge in [0.15, 0.2) is 0 Å². The van der Waals surface area contributed by atoms with Crippen molar-refractivity contribution in [1.82, 2.24) is 5.32 Å². The summed E-state index contributed by atoms with van der Waals surface area (Å²) in [5.74, 6) is -2.01. The number of halogens is 1. The lowest BCUT2D eigenvalue weighted by Gasteiger charge is -2.17. The Hall–Kier alpha value is -4.44. The third kappa shape index (κ3) is 6.35. The van der Waals surface area contributed by atoms with Crippen LogP contribution in [0.2, 0.25) is 0 Å². The average Bonchev–Trinajstić information content (AvgIpc) is 3.46. The highest BCUT2D eigenvalue weighted by Gasteiger charge is 2.38. The topological polar surface area (TPSA) is 118 Å². The maximum absolute atomic E-state index is 13.4. The highest BCUT2D eigenvalue weighted by Crippen LogP contribution is 2.36. The fourth-order valence-electron chi connectivity index (χ4n) is 3.96. The normalized spacial score (nSPS) is 14.1. The Labute approximate surface area is 233 Å². The molecule has 2 heterocycles. The first-order valence-corrected chi connectivity index (χ1v) is 12.9. The lowest BCUT2D eigenvalue weighted by atomic mass is 10.1. The summed E-state index contributed by atoms with van der Waals surface area (Å²) >= 11 is 3.38. The third-order valence-corrected chi connectivity index (χ3v) is 6.40. The molecule has 3 aromatic rings. The van der Waals surface area contributed by atoms with Crippen LogP contribution < -0.4 is 15.5 Å². The van der Waals surface area contributed by atoms with Gasteiger partial charge >= 0.3 is 17.8 Å². The number of ether oxygens (including phenoxy) is 1. The first kappa shape index (κ1) is 27.6. The van der Waals surface area contributed by atoms with E-state index >= 15 is 0 Å². The minimum atomic E-state index is -0.828. The standard InChI is InChI=1S/C29H26BrN3O6/c1-4-38-29(37)25-18(3)33(21-11-7-19(30)8-12-21)28(36)24(25)15-22-13-14-23(39-22)16-31-26(34)27(35)32-20-9-5-17(2)6-10-20/h5-15H,4,16H2,1-3H3,(H,31,34)(H,32,35)/b24-15+. The van der Waals surface area contributed by atoms with Gasteiger partial charge in [-0.05, 0) is 75.4 Å². The Kier molecular flexibility index (Phi) is 8.46. The van der Waals surface area contributed by atoms with Crippen LogP contribution in [0.25, 0.3) is 6.08 Å². The van der Waals surface area contributed by atoms with Crippen molar-refractivity contribution in [2.45, 2.75) is 27.3 Å². The maximum Gasteiger partial charge on any atom is 0.340 e. The quantitative estimate of drug-likeness (QED) is 0.230. The van der Waals surface area contributed by atoms with Gasteiger partial charge in [0, 0.05) is 21.5 Å². The summed E-state index contributed by atoms with van der Waals surface area (Å²) in [6.07, 6.45) is 1.46. The second kappa shape index (κ2) is 12.0. The van der Waals surface area contributed by atoms with E-state index in [1.54, 1.807) is 62.4 Å². The van der Waals surface area contributed by atoms with Crippen LogP contribution in [0.5, 0.6) is 0 Å². The summed E-state index contributed by atoms with van der Waals surface area (Å²) in [5.41, 5.74) is 2.83. The van der Waals surface area contributed by atoms with Crippen molar-refractivity contribution in [3.63, 3.8) is 0 Å². The fraction of sp³-hybridized carbons (Fsp3) is 0.172. The van der Waals surface area contributed by atoms with Crippen LogP contribution in [0.3, 0.4) is 0 Å². The van der Waals surface area contributed by atoms with Gasteiger partial charge in [-0.1, -0.05) is 33.6 Å². The van der Waals surface area contributed by atoms with E-state index in [9.17, 15) is 19.2 Å². The molecule has 1 aliphatic rings. The van der Waals surface area contributed by atoms with E-state index in [4.69, 9.17) is 9.15 Å². The smallest absolute Gasteiger partial charge is 0.340 e. The number of rotatable bonds is 7. The molecule has 10 heteroatoms. The van der Waals surface area contributed by atoms with Gasteiger partial charge in [0.1, 0.15) is 11.5 Å². The Balaban J connectivity index is 1.49. The number of hydrogen-bond acceptors (Lipinski definition) is 6. The Morgan fingerprint density at radius 3 is 2.33 bits per heavy atom. The zero-order valence-electron chi connectivity index (χ0n) is 21.5. The molecule has 0 fully saturated rings. The monoisotopic (exact) mass is 591 g/mol. The summed E-state index contributed by atoms with van der Waals surface area (Å²) in [4.78, 5) is 52.1. The van der Waals surface area contributed by atoms with Gasteiger partial charge in [0.2, 0.25) is 0 Å². The number of hydrogen-bond donors (Lipinski definition) is 2. The second-order valence-corrected chi connectivity index (χ2v) is 9.58. The van der Waals surface area contributed by atoms with E-state index in [0.29, 0.717) is 28.6 Å². The van der Waals surface area contributed by atoms with Crippen molar-refractivity contribution in [2.24, 2.45) is 0 Å². The molecule has 3 amide bonds. The van der Waals surface area contributed by atoms with E-state index in [2.05, 4.69) is 26.6 Å². The molecule has 39 heavy (non-hydrogen) atoms. The number of amides is 3. The Morgan fingerprint density at radius 2 is 1.67 bits per heavy atom. The summed E-state index contributed by atoms with van der Waals surface area (Å²) in [5, 5.41) is 5.03. The fourth-order valence-corrected chi connectivity index (χ4v) is 4.23. The number of esters is 1. The van der Waals surface area contributed by atoms with Crippen molar-refractivity contribution in [3.8, 4) is 0 Å². The molecule has 9 nitrogen and oxygen atoms in total. The number of carbonyl (C=O) groups excluding carboxylic acids is 4. The molecule has 1 aliphatic heterocycles. The van der Waals surface area contributed by atoms with Crippen LogP contribution in [0.15, 0.2) is 86.4 Å². The van der Waals surface area contributed by atoms with E-state index in [-0.39, 0.29) is 24.3 Å². The van der Waals surface area contributed by atoms with Gasteiger partial charge in [-0.2, -0.15) is 0 Å². The molecule has 200 valence electrons. The molecule has 0 bridgehead atoms. The van der Waals surface area contributed by atoms with E-state index in [0.717, 1.165) is 10.0 Å². The van der Waals surface area contributed by atoms with Gasteiger partial charge in [-0.3, -0.25) is 19.3 Å². The SMILES string of the molecule is CCOC(=O)C1=C(C)N(c2ccc(Br)cc2)C(=O)/C1=C/c1ccc(CNC(=O)C(=O)Nc2ccc(C)cc2)o1. The first-order valence-electron chi connectivity index (χ1n) is 12.1. The van der Waals surface area contributed by atoms with Gasteiger partial charge < -0.3 is 19.8 Å². The van der Waals surface area contributed by atoms with Crippen LogP contribution in [0, 0.1) is 6.92 Å². The van der Waals surface area contributed by atoms with Crippen LogP contribution in [-0.2, 0) is 30.5 Å². The van der Waals surface area contributed by atoms with Crippen LogP contribution in [-0.4, -0.2) is 30.3 Å². The molecule has 0 aliphatic carbocycles. The van der Waals surface area contributed by atoms with Crippen molar-refractivity contribution < 1.29 is 28.3 Å². The average molecular weight is 592 g/mol. The van der Waals surface area contributed by atoms with Gasteiger partial charge in [0.05, 0.1) is 24.3 Å². The molecular weight excluding hydrogens is 566 g/mol. The number of aryl methyl sites for hydroxylation is 1. The third-order valence-electron chi connectivity index (χ3n) is 5.87. The number of nitrogens with one attached hydrogen (secondary N) is 2. The van der Waals surface area contributed by atoms with Gasteiger partial charge in [-0.25, -0.2) is 4.79 Å². The molecule has 0 saturated heterocycles. The molecular formula is C29H26BrN3O6. The lowest BCUT2D eigenvalue weighted by molar-refractivity contribution is -0.138. The molecule has 0 atom stereocenters. The molecule has 0 unspecified atom stereocenters. The number of furan rings is 1. The predicted molar refractivity (Wildman–Crippen MR) is 149 cm³/mol. The zero-order chi connectivity index (χ0) is 28.1. The van der Waals surface area contributed by atoms with E-state index in [1.165, 1.54) is 11.0 Å². The van der Waals surface area contributed by atoms with Crippen molar-refractivity contribution in [2.75, 3.05) is 16.8 Å². The first-order chi connectivity index (χ1) is 18.7. The minimum absolute atomic E-state index is 0.0537. The highest BCUT2D eigenvalue weighted by molar-refractivity contribution is 9.10. The molecule has 2 aromatic carbocycles. The molecule has 2 N–H and O–H groups in total. The summed E-state index contributed by atoms with van der Waals surface area (Å²) < 4.78 is 11.8. The Morgan fingerprint density at radius 1 is 0.974 bits per heavy atom. The number of carbonyl (C=O) groups is 4. The van der Waals surface area contributed by atoms with Crippen LogP contribution >= 0.6 is 15.9 Å². The predicted octanol–water partition coefficient (Wildman–Crippen LogP) is 4.87. The largest absolute Gasteiger partial charge is 0.462 e. The number of nitrogens with zero attached hydrogens (tertiary/aromatic N) is 1. The van der Waals surface area contributed by atoms with Gasteiger partial charge in [0.25, 0.3) is 5.91 Å². The molecule has 0 saturated carbocycles. The number of anilines is 2. The number of allylic oxidation sites excluding steroid dienone is 1. The van der Waals surface area contributed by atoms with Crippen molar-refractivity contribution in [1.29, 1.82) is 0 Å². The molecule has 0 spiro atoms. The highest BCUT2D eigenvalue weighted by atomic mass is 79.9. The molecule has 0 radical (unpaired) electrons. The van der Waals surface area contributed by atoms with Gasteiger partial charge in [-0.15, -0.1) is 0 Å².